The summed E-state index contributed by atoms with van der Waals surface area (Å²) < 4.78 is 0. The number of nitrogens with two attached hydrogens (primary N) is 1. The summed E-state index contributed by atoms with van der Waals surface area (Å²) in [7, 11) is 0. The van der Waals surface area contributed by atoms with Crippen LogP contribution in [0.25, 0.3) is 6.08 Å². The molecule has 0 fully saturated rings. The summed E-state index contributed by atoms with van der Waals surface area (Å²) in [6, 6.07) is 10.0. The van der Waals surface area contributed by atoms with Gasteiger partial charge in [-0.15, -0.1) is 0 Å². The van der Waals surface area contributed by atoms with Crippen molar-refractivity contribution < 1.29 is 15.0 Å². The Kier molecular flexibility index (Phi) is 14.5. The average Bonchev–Trinajstić information content (AvgIpc) is 2.40. The van der Waals surface area contributed by atoms with Crippen molar-refractivity contribution in [1.82, 2.24) is 0 Å². The lowest BCUT2D eigenvalue weighted by molar-refractivity contribution is -0.113. The summed E-state index contributed by atoms with van der Waals surface area (Å²) in [6.07, 6.45) is 2.89. The standard InChI is InChI=1S/C8H8.C3H5NO.C2H6O2/c1-2-8-6-4-3-5-7-8;1-2-3(4)5;3-1-2-4/h2-7H,1H2;2H,1H2,(H2,4,5);3-4H,1-2H2. The minimum absolute atomic E-state index is 0.125. The molecule has 0 saturated heterocycles. The van der Waals surface area contributed by atoms with Crippen molar-refractivity contribution in [2.45, 2.75) is 0 Å². The van der Waals surface area contributed by atoms with Crippen LogP contribution in [0, 0.1) is 0 Å². The van der Waals surface area contributed by atoms with E-state index in [2.05, 4.69) is 18.9 Å². The Labute approximate surface area is 102 Å². The van der Waals surface area contributed by atoms with Gasteiger partial charge in [0.2, 0.25) is 5.91 Å². The maximum atomic E-state index is 9.47. The Morgan fingerprint density at radius 2 is 1.59 bits per heavy atom. The van der Waals surface area contributed by atoms with E-state index in [4.69, 9.17) is 10.2 Å². The SMILES string of the molecule is C=CC(N)=O.C=Cc1ccccc1.OCCO. The third kappa shape index (κ3) is 16.7. The van der Waals surface area contributed by atoms with Crippen molar-refractivity contribution in [1.29, 1.82) is 0 Å². The second-order valence-corrected chi connectivity index (χ2v) is 2.67. The molecule has 1 aromatic rings. The summed E-state index contributed by atoms with van der Waals surface area (Å²) in [6.45, 7) is 6.47. The third-order valence-corrected chi connectivity index (χ3v) is 1.34. The van der Waals surface area contributed by atoms with Crippen LogP contribution < -0.4 is 5.73 Å². The summed E-state index contributed by atoms with van der Waals surface area (Å²) >= 11 is 0. The maximum absolute atomic E-state index is 9.47. The molecule has 4 heteroatoms. The molecule has 0 saturated carbocycles. The van der Waals surface area contributed by atoms with Crippen molar-refractivity contribution in [3.63, 3.8) is 0 Å². The van der Waals surface area contributed by atoms with Crippen molar-refractivity contribution in [2.24, 2.45) is 5.73 Å². The molecule has 4 N–H and O–H groups in total. The van der Waals surface area contributed by atoms with Gasteiger partial charge in [-0.2, -0.15) is 0 Å². The molecule has 0 aliphatic carbocycles. The van der Waals surface area contributed by atoms with E-state index < -0.39 is 5.91 Å². The van der Waals surface area contributed by atoms with Crippen LogP contribution in [0.1, 0.15) is 5.56 Å². The van der Waals surface area contributed by atoms with Crippen molar-refractivity contribution in [3.05, 3.63) is 55.1 Å². The first-order valence-corrected chi connectivity index (χ1v) is 4.93. The van der Waals surface area contributed by atoms with Gasteiger partial charge in [-0.1, -0.05) is 49.6 Å². The molecule has 94 valence electrons. The second-order valence-electron chi connectivity index (χ2n) is 2.67. The summed E-state index contributed by atoms with van der Waals surface area (Å²) in [5.74, 6) is -0.481. The second kappa shape index (κ2) is 14.1. The molecule has 1 rings (SSSR count). The van der Waals surface area contributed by atoms with E-state index in [0.717, 1.165) is 6.08 Å². The van der Waals surface area contributed by atoms with Crippen molar-refractivity contribution in [2.75, 3.05) is 13.2 Å². The lowest BCUT2D eigenvalue weighted by Crippen LogP contribution is -2.04. The van der Waals surface area contributed by atoms with Crippen LogP contribution >= 0.6 is 0 Å². The number of hydrogen-bond acceptors (Lipinski definition) is 3. The number of carbonyl (C=O) groups is 1. The Hall–Kier alpha value is -1.91. The zero-order valence-electron chi connectivity index (χ0n) is 9.75. The highest BCUT2D eigenvalue weighted by Crippen LogP contribution is 1.97. The van der Waals surface area contributed by atoms with Crippen LogP contribution in [0.15, 0.2) is 49.6 Å². The highest BCUT2D eigenvalue weighted by atomic mass is 16.3. The average molecular weight is 237 g/mol. The smallest absolute Gasteiger partial charge is 0.240 e. The van der Waals surface area contributed by atoms with E-state index in [0.29, 0.717) is 0 Å². The summed E-state index contributed by atoms with van der Waals surface area (Å²) in [5, 5.41) is 15.2. The Morgan fingerprint density at radius 1 is 1.18 bits per heavy atom. The molecular weight excluding hydrogens is 218 g/mol. The lowest BCUT2D eigenvalue weighted by Gasteiger charge is -1.85. The van der Waals surface area contributed by atoms with Gasteiger partial charge in [-0.25, -0.2) is 0 Å². The predicted octanol–water partition coefficient (Wildman–Crippen LogP) is 0.958. The molecule has 0 heterocycles. The van der Waals surface area contributed by atoms with Gasteiger partial charge in [0.1, 0.15) is 0 Å². The predicted molar refractivity (Wildman–Crippen MR) is 70.1 cm³/mol. The number of carbonyl (C=O) groups excluding carboxylic acids is 1. The summed E-state index contributed by atoms with van der Waals surface area (Å²) in [5.41, 5.74) is 5.71. The number of primary amides is 1. The number of aliphatic hydroxyl groups is 2. The molecule has 17 heavy (non-hydrogen) atoms. The van der Waals surface area contributed by atoms with E-state index in [1.807, 2.05) is 36.4 Å². The van der Waals surface area contributed by atoms with Crippen LogP contribution in [0.4, 0.5) is 0 Å². The third-order valence-electron chi connectivity index (χ3n) is 1.34. The van der Waals surface area contributed by atoms with Gasteiger partial charge >= 0.3 is 0 Å². The molecule has 0 unspecified atom stereocenters. The van der Waals surface area contributed by atoms with Crippen molar-refractivity contribution >= 4 is 12.0 Å². The Morgan fingerprint density at radius 3 is 1.76 bits per heavy atom. The van der Waals surface area contributed by atoms with E-state index in [9.17, 15) is 4.79 Å². The molecule has 0 aromatic heterocycles. The number of benzene rings is 1. The first-order chi connectivity index (χ1) is 8.12. The molecule has 0 aliphatic rings. The van der Waals surface area contributed by atoms with E-state index in [1.54, 1.807) is 0 Å². The fraction of sp³-hybridized carbons (Fsp3) is 0.154. The van der Waals surface area contributed by atoms with Gasteiger partial charge < -0.3 is 15.9 Å². The molecule has 0 atom stereocenters. The van der Waals surface area contributed by atoms with Gasteiger partial charge in [0.25, 0.3) is 0 Å². The molecule has 0 bridgehead atoms. The molecule has 0 aliphatic heterocycles. The van der Waals surface area contributed by atoms with Crippen LogP contribution in [0.3, 0.4) is 0 Å². The quantitative estimate of drug-likeness (QED) is 0.685. The topological polar surface area (TPSA) is 83.6 Å². The zero-order valence-corrected chi connectivity index (χ0v) is 9.75. The number of aliphatic hydroxyl groups excluding tert-OH is 2. The van der Waals surface area contributed by atoms with Gasteiger partial charge in [-0.05, 0) is 11.6 Å². The van der Waals surface area contributed by atoms with E-state index >= 15 is 0 Å². The fourth-order valence-electron chi connectivity index (χ4n) is 0.589. The van der Waals surface area contributed by atoms with Gasteiger partial charge in [0, 0.05) is 0 Å². The van der Waals surface area contributed by atoms with E-state index in [1.165, 1.54) is 5.56 Å². The van der Waals surface area contributed by atoms with Crippen LogP contribution in [0.5, 0.6) is 0 Å². The van der Waals surface area contributed by atoms with Crippen LogP contribution in [-0.2, 0) is 4.79 Å². The number of amides is 1. The maximum Gasteiger partial charge on any atom is 0.240 e. The molecule has 4 nitrogen and oxygen atoms in total. The molecular formula is C13H19NO3. The lowest BCUT2D eigenvalue weighted by atomic mass is 10.2. The normalized spacial score (nSPS) is 7.65. The van der Waals surface area contributed by atoms with Crippen LogP contribution in [0.2, 0.25) is 0 Å². The largest absolute Gasteiger partial charge is 0.394 e. The summed E-state index contributed by atoms with van der Waals surface area (Å²) in [4.78, 5) is 9.47. The zero-order chi connectivity index (χ0) is 13.5. The monoisotopic (exact) mass is 237 g/mol. The van der Waals surface area contributed by atoms with Gasteiger partial charge in [0.05, 0.1) is 13.2 Å². The Balaban J connectivity index is 0. The Bertz CT molecular complexity index is 308. The van der Waals surface area contributed by atoms with Gasteiger partial charge in [0.15, 0.2) is 0 Å². The first kappa shape index (κ1) is 17.5. The fourth-order valence-corrected chi connectivity index (χ4v) is 0.589. The van der Waals surface area contributed by atoms with Crippen molar-refractivity contribution in [3.8, 4) is 0 Å². The van der Waals surface area contributed by atoms with E-state index in [-0.39, 0.29) is 13.2 Å². The molecule has 1 amide bonds. The highest BCUT2D eigenvalue weighted by molar-refractivity contribution is 5.84. The first-order valence-electron chi connectivity index (χ1n) is 4.93. The molecule has 0 radical (unpaired) electrons. The minimum atomic E-state index is -0.481. The minimum Gasteiger partial charge on any atom is -0.394 e. The van der Waals surface area contributed by atoms with Gasteiger partial charge in [-0.3, -0.25) is 4.79 Å². The van der Waals surface area contributed by atoms with Crippen LogP contribution in [-0.4, -0.2) is 29.3 Å². The molecule has 0 spiro atoms. The molecule has 1 aromatic carbocycles. The number of hydrogen-bond donors (Lipinski definition) is 3. The highest BCUT2D eigenvalue weighted by Gasteiger charge is 1.75. The number of rotatable bonds is 3.